The van der Waals surface area contributed by atoms with E-state index < -0.39 is 5.97 Å². The van der Waals surface area contributed by atoms with Crippen LogP contribution in [0.1, 0.15) is 53.5 Å². The van der Waals surface area contributed by atoms with E-state index in [1.165, 1.54) is 5.56 Å². The molecule has 0 N–H and O–H groups in total. The molecule has 0 unspecified atom stereocenters. The second kappa shape index (κ2) is 8.13. The van der Waals surface area contributed by atoms with Gasteiger partial charge in [0.1, 0.15) is 24.5 Å². The van der Waals surface area contributed by atoms with Crippen LogP contribution in [0.15, 0.2) is 49.1 Å². The Hall–Kier alpha value is -2.10. The highest BCUT2D eigenvalue weighted by molar-refractivity contribution is 5.60. The minimum atomic E-state index is -1.08. The number of nitrogens with zero attached hydrogens (tertiary/aromatic N) is 2. The Kier molecular flexibility index (Phi) is 6.76. The summed E-state index contributed by atoms with van der Waals surface area (Å²) < 4.78 is 4.58. The normalized spacial score (nSPS) is 11.6. The number of aromatic nitrogens is 2. The van der Waals surface area contributed by atoms with Gasteiger partial charge in [0.05, 0.1) is 0 Å². The van der Waals surface area contributed by atoms with Crippen LogP contribution in [-0.2, 0) is 16.9 Å². The van der Waals surface area contributed by atoms with Gasteiger partial charge in [-0.05, 0) is 38.2 Å². The van der Waals surface area contributed by atoms with Crippen molar-refractivity contribution in [2.24, 2.45) is 5.41 Å². The largest absolute Gasteiger partial charge is 0.550 e. The molecule has 0 aliphatic carbocycles. The average Bonchev–Trinajstić information content (AvgIpc) is 2.86. The van der Waals surface area contributed by atoms with Crippen molar-refractivity contribution in [3.8, 4) is 0 Å². The molecule has 1 aromatic heterocycles. The molecule has 2 rings (SSSR count). The SMILES string of the molecule is CC(=O)[O-].CC(C)(C)CC(C)(C)[n+]1ccn(Cc2ccccc2)c1. The molecule has 1 heterocycles. The highest BCUT2D eigenvalue weighted by Crippen LogP contribution is 2.28. The maximum absolute atomic E-state index is 8.89. The number of carboxylic acid groups (broad SMARTS) is 1. The first kappa shape index (κ1) is 19.9. The summed E-state index contributed by atoms with van der Waals surface area (Å²) in [5.74, 6) is -1.08. The van der Waals surface area contributed by atoms with Crippen molar-refractivity contribution < 1.29 is 14.5 Å². The zero-order valence-corrected chi connectivity index (χ0v) is 15.7. The summed E-state index contributed by atoms with van der Waals surface area (Å²) in [7, 11) is 0. The zero-order valence-electron chi connectivity index (χ0n) is 15.7. The first-order valence-corrected chi connectivity index (χ1v) is 8.29. The van der Waals surface area contributed by atoms with Gasteiger partial charge in [-0.2, -0.15) is 0 Å². The molecule has 0 radical (unpaired) electrons. The van der Waals surface area contributed by atoms with E-state index in [4.69, 9.17) is 9.90 Å². The predicted molar refractivity (Wildman–Crippen MR) is 94.2 cm³/mol. The molecule has 0 amide bonds. The number of carbonyl (C=O) groups is 1. The molecular formula is C20H30N2O2. The molecule has 0 saturated heterocycles. The van der Waals surface area contributed by atoms with Crippen molar-refractivity contribution in [2.75, 3.05) is 0 Å². The highest BCUT2D eigenvalue weighted by atomic mass is 16.4. The molecule has 132 valence electrons. The van der Waals surface area contributed by atoms with Gasteiger partial charge in [0.15, 0.2) is 0 Å². The fraction of sp³-hybridized carbons (Fsp3) is 0.500. The maximum Gasteiger partial charge on any atom is 0.244 e. The topological polar surface area (TPSA) is 48.9 Å². The molecule has 0 aliphatic heterocycles. The Bertz CT molecular complexity index is 633. The molecule has 0 fully saturated rings. The fourth-order valence-corrected chi connectivity index (χ4v) is 3.03. The minimum Gasteiger partial charge on any atom is -0.550 e. The molecule has 0 aliphatic rings. The van der Waals surface area contributed by atoms with Crippen molar-refractivity contribution in [3.63, 3.8) is 0 Å². The van der Waals surface area contributed by atoms with Gasteiger partial charge >= 0.3 is 0 Å². The fourth-order valence-electron chi connectivity index (χ4n) is 3.03. The third-order valence-corrected chi connectivity index (χ3v) is 3.56. The summed E-state index contributed by atoms with van der Waals surface area (Å²) in [6.45, 7) is 13.4. The highest BCUT2D eigenvalue weighted by Gasteiger charge is 2.31. The van der Waals surface area contributed by atoms with Gasteiger partial charge in [-0.3, -0.25) is 0 Å². The lowest BCUT2D eigenvalue weighted by Crippen LogP contribution is -2.52. The van der Waals surface area contributed by atoms with E-state index >= 15 is 0 Å². The van der Waals surface area contributed by atoms with Gasteiger partial charge < -0.3 is 9.90 Å². The number of imidazole rings is 1. The second-order valence-corrected chi connectivity index (χ2v) is 8.02. The first-order chi connectivity index (χ1) is 11.0. The average molecular weight is 330 g/mol. The number of rotatable bonds is 4. The van der Waals surface area contributed by atoms with E-state index in [2.05, 4.69) is 92.8 Å². The molecule has 0 atom stereocenters. The van der Waals surface area contributed by atoms with Crippen molar-refractivity contribution in [1.29, 1.82) is 0 Å². The van der Waals surface area contributed by atoms with Crippen LogP contribution in [0.4, 0.5) is 0 Å². The molecule has 1 aromatic carbocycles. The Morgan fingerprint density at radius 1 is 1.12 bits per heavy atom. The number of carboxylic acids is 1. The lowest BCUT2D eigenvalue weighted by molar-refractivity contribution is -0.759. The van der Waals surface area contributed by atoms with Crippen molar-refractivity contribution in [3.05, 3.63) is 54.6 Å². The summed E-state index contributed by atoms with van der Waals surface area (Å²) >= 11 is 0. The third-order valence-electron chi connectivity index (χ3n) is 3.56. The van der Waals surface area contributed by atoms with Gasteiger partial charge in [-0.25, -0.2) is 9.13 Å². The van der Waals surface area contributed by atoms with Crippen LogP contribution >= 0.6 is 0 Å². The van der Waals surface area contributed by atoms with E-state index in [0.717, 1.165) is 19.9 Å². The van der Waals surface area contributed by atoms with E-state index in [-0.39, 0.29) is 5.54 Å². The van der Waals surface area contributed by atoms with Crippen molar-refractivity contribution >= 4 is 5.97 Å². The molecule has 0 bridgehead atoms. The molecular weight excluding hydrogens is 300 g/mol. The van der Waals surface area contributed by atoms with Crippen LogP contribution in [0.2, 0.25) is 0 Å². The van der Waals surface area contributed by atoms with E-state index in [0.29, 0.717) is 5.41 Å². The number of aliphatic carboxylic acids is 1. The lowest BCUT2D eigenvalue weighted by atomic mass is 9.82. The van der Waals surface area contributed by atoms with Crippen LogP contribution in [0.3, 0.4) is 0 Å². The molecule has 4 nitrogen and oxygen atoms in total. The van der Waals surface area contributed by atoms with Crippen LogP contribution < -0.4 is 9.67 Å². The Morgan fingerprint density at radius 2 is 1.67 bits per heavy atom. The Labute approximate surface area is 145 Å². The summed E-state index contributed by atoms with van der Waals surface area (Å²) in [6, 6.07) is 10.6. The second-order valence-electron chi connectivity index (χ2n) is 8.02. The number of hydrogen-bond acceptors (Lipinski definition) is 2. The van der Waals surface area contributed by atoms with E-state index in [1.54, 1.807) is 0 Å². The van der Waals surface area contributed by atoms with Crippen LogP contribution in [0.25, 0.3) is 0 Å². The molecule has 0 saturated carbocycles. The summed E-state index contributed by atoms with van der Waals surface area (Å²) in [5.41, 5.74) is 1.81. The summed E-state index contributed by atoms with van der Waals surface area (Å²) in [4.78, 5) is 8.89. The number of benzene rings is 1. The molecule has 24 heavy (non-hydrogen) atoms. The van der Waals surface area contributed by atoms with Crippen LogP contribution in [-0.4, -0.2) is 10.5 Å². The first-order valence-electron chi connectivity index (χ1n) is 8.29. The van der Waals surface area contributed by atoms with Gasteiger partial charge in [-0.15, -0.1) is 0 Å². The van der Waals surface area contributed by atoms with Gasteiger partial charge in [-0.1, -0.05) is 51.1 Å². The summed E-state index contributed by atoms with van der Waals surface area (Å²) in [6.07, 6.45) is 7.73. The minimum absolute atomic E-state index is 0.139. The van der Waals surface area contributed by atoms with Crippen LogP contribution in [0.5, 0.6) is 0 Å². The van der Waals surface area contributed by atoms with Crippen molar-refractivity contribution in [1.82, 2.24) is 4.57 Å². The van der Waals surface area contributed by atoms with Crippen LogP contribution in [0, 0.1) is 5.41 Å². The third kappa shape index (κ3) is 7.44. The predicted octanol–water partition coefficient (Wildman–Crippen LogP) is 2.75. The number of carbonyl (C=O) groups excluding carboxylic acids is 1. The van der Waals surface area contributed by atoms with E-state index in [9.17, 15) is 0 Å². The maximum atomic E-state index is 8.89. The zero-order chi connectivity index (χ0) is 18.4. The van der Waals surface area contributed by atoms with Gasteiger partial charge in [0, 0.05) is 5.97 Å². The number of hydrogen-bond donors (Lipinski definition) is 0. The van der Waals surface area contributed by atoms with Gasteiger partial charge in [0.25, 0.3) is 0 Å². The van der Waals surface area contributed by atoms with Crippen molar-refractivity contribution in [2.45, 2.75) is 60.0 Å². The molecule has 2 aromatic rings. The quantitative estimate of drug-likeness (QED) is 0.809. The van der Waals surface area contributed by atoms with Gasteiger partial charge in [0.2, 0.25) is 6.33 Å². The molecule has 4 heteroatoms. The van der Waals surface area contributed by atoms with E-state index in [1.807, 2.05) is 0 Å². The smallest absolute Gasteiger partial charge is 0.244 e. The summed E-state index contributed by atoms with van der Waals surface area (Å²) in [5, 5.41) is 8.89. The Balaban J connectivity index is 0.000000648. The lowest BCUT2D eigenvalue weighted by Gasteiger charge is -2.29. The standard InChI is InChI=1S/C18H27N2.C2H4O2/c1-17(2,3)14-18(4,5)20-12-11-19(15-20)13-16-9-7-6-8-10-16;1-2(3)4/h6-12,15H,13-14H2,1-5H3;1H3,(H,3,4)/q+1;/p-1. The molecule has 0 spiro atoms. The monoisotopic (exact) mass is 330 g/mol. The Morgan fingerprint density at radius 3 is 2.17 bits per heavy atom.